The maximum Gasteiger partial charge on any atom is 0.143 e. The fourth-order valence-electron chi connectivity index (χ4n) is 3.31. The molecule has 4 heterocycles. The van der Waals surface area contributed by atoms with Crippen molar-refractivity contribution >= 4 is 28.7 Å². The van der Waals surface area contributed by atoms with Crippen LogP contribution in [0.25, 0.3) is 16.4 Å². The number of hydrogen-bond acceptors (Lipinski definition) is 8. The first-order valence-corrected chi connectivity index (χ1v) is 10.8. The smallest absolute Gasteiger partial charge is 0.143 e. The number of rotatable bonds is 7. The summed E-state index contributed by atoms with van der Waals surface area (Å²) in [4.78, 5) is 15.5. The minimum atomic E-state index is 0.00380. The lowest BCUT2D eigenvalue weighted by atomic mass is 10.1. The quantitative estimate of drug-likeness (QED) is 0.457. The predicted molar refractivity (Wildman–Crippen MR) is 125 cm³/mol. The first kappa shape index (κ1) is 21.0. The zero-order chi connectivity index (χ0) is 22.0. The minimum absolute atomic E-state index is 0.00380. The Hall–Kier alpha value is -3.30. The third kappa shape index (κ3) is 4.42. The highest BCUT2D eigenvalue weighted by Crippen LogP contribution is 2.29. The Morgan fingerprint density at radius 1 is 1.19 bits per heavy atom. The van der Waals surface area contributed by atoms with Crippen molar-refractivity contribution < 1.29 is 5.11 Å². The Labute approximate surface area is 185 Å². The van der Waals surface area contributed by atoms with Gasteiger partial charge < -0.3 is 15.3 Å². The van der Waals surface area contributed by atoms with Crippen LogP contribution in [0.1, 0.15) is 16.8 Å². The van der Waals surface area contributed by atoms with Gasteiger partial charge in [0.2, 0.25) is 0 Å². The van der Waals surface area contributed by atoms with E-state index in [1.807, 2.05) is 73.5 Å². The lowest BCUT2D eigenvalue weighted by Crippen LogP contribution is -2.12. The lowest BCUT2D eigenvalue weighted by Gasteiger charge is -2.18. The summed E-state index contributed by atoms with van der Waals surface area (Å²) in [5.41, 5.74) is 5.36. The van der Waals surface area contributed by atoms with Gasteiger partial charge in [-0.1, -0.05) is 0 Å². The SMILES string of the molecule is Cc1cc(-n2ccc(-c3nccs3)n2)c(CCO)c(Nc2cnc(N(C)C)cc2C)n1. The molecule has 0 aliphatic rings. The van der Waals surface area contributed by atoms with Gasteiger partial charge in [-0.05, 0) is 37.6 Å². The summed E-state index contributed by atoms with van der Waals surface area (Å²) >= 11 is 1.55. The molecule has 0 unspecified atom stereocenters. The van der Waals surface area contributed by atoms with E-state index < -0.39 is 0 Å². The van der Waals surface area contributed by atoms with E-state index in [0.717, 1.165) is 44.7 Å². The molecular formula is C22H25N7OS. The maximum absolute atomic E-state index is 9.75. The van der Waals surface area contributed by atoms with Crippen LogP contribution in [0, 0.1) is 13.8 Å². The molecule has 9 heteroatoms. The Morgan fingerprint density at radius 2 is 2.03 bits per heavy atom. The van der Waals surface area contributed by atoms with E-state index in [2.05, 4.69) is 15.3 Å². The predicted octanol–water partition coefficient (Wildman–Crippen LogP) is 3.75. The van der Waals surface area contributed by atoms with Gasteiger partial charge in [0.1, 0.15) is 22.3 Å². The zero-order valence-electron chi connectivity index (χ0n) is 18.0. The monoisotopic (exact) mass is 435 g/mol. The van der Waals surface area contributed by atoms with Crippen molar-refractivity contribution in [2.75, 3.05) is 30.9 Å². The standard InChI is InChI=1S/C22H25N7OS/c1-14-11-20(28(3)4)24-13-18(14)26-21-16(6-9-30)19(12-15(2)25-21)29-8-5-17(27-29)22-23-7-10-31-22/h5,7-8,10-13,30H,6,9H2,1-4H3,(H,25,26). The third-order valence-electron chi connectivity index (χ3n) is 4.89. The van der Waals surface area contributed by atoms with Gasteiger partial charge in [-0.15, -0.1) is 11.3 Å². The number of aliphatic hydroxyl groups is 1. The van der Waals surface area contributed by atoms with Crippen molar-refractivity contribution in [1.29, 1.82) is 0 Å². The molecule has 31 heavy (non-hydrogen) atoms. The van der Waals surface area contributed by atoms with E-state index in [9.17, 15) is 5.11 Å². The molecule has 0 atom stereocenters. The number of aliphatic hydroxyl groups excluding tert-OH is 1. The van der Waals surface area contributed by atoms with Crippen molar-refractivity contribution in [1.82, 2.24) is 24.7 Å². The highest BCUT2D eigenvalue weighted by atomic mass is 32.1. The molecule has 4 rings (SSSR count). The van der Waals surface area contributed by atoms with Gasteiger partial charge in [0.15, 0.2) is 0 Å². The number of aromatic nitrogens is 5. The van der Waals surface area contributed by atoms with E-state index in [1.165, 1.54) is 0 Å². The Balaban J connectivity index is 1.75. The Kier molecular flexibility index (Phi) is 5.97. The van der Waals surface area contributed by atoms with E-state index in [0.29, 0.717) is 12.2 Å². The third-order valence-corrected chi connectivity index (χ3v) is 5.68. The summed E-state index contributed by atoms with van der Waals surface area (Å²) in [6.45, 7) is 3.99. The fourth-order valence-corrected chi connectivity index (χ4v) is 3.92. The highest BCUT2D eigenvalue weighted by molar-refractivity contribution is 7.13. The molecule has 4 aromatic rings. The summed E-state index contributed by atoms with van der Waals surface area (Å²) in [6.07, 6.45) is 5.94. The molecule has 4 aromatic heterocycles. The minimum Gasteiger partial charge on any atom is -0.396 e. The highest BCUT2D eigenvalue weighted by Gasteiger charge is 2.16. The molecular weight excluding hydrogens is 410 g/mol. The Bertz CT molecular complexity index is 1180. The molecule has 0 spiro atoms. The topological polar surface area (TPSA) is 92.0 Å². The number of aryl methyl sites for hydroxylation is 2. The van der Waals surface area contributed by atoms with Crippen LogP contribution in [0.4, 0.5) is 17.3 Å². The van der Waals surface area contributed by atoms with E-state index in [-0.39, 0.29) is 6.61 Å². The van der Waals surface area contributed by atoms with E-state index in [4.69, 9.17) is 10.1 Å². The molecule has 0 amide bonds. The van der Waals surface area contributed by atoms with Crippen LogP contribution in [-0.2, 0) is 6.42 Å². The molecule has 160 valence electrons. The molecule has 0 bridgehead atoms. The number of nitrogens with one attached hydrogen (secondary N) is 1. The van der Waals surface area contributed by atoms with Crippen LogP contribution in [0.5, 0.6) is 0 Å². The molecule has 0 radical (unpaired) electrons. The number of pyridine rings is 2. The molecule has 0 aromatic carbocycles. The van der Waals surface area contributed by atoms with Gasteiger partial charge in [-0.25, -0.2) is 19.6 Å². The largest absolute Gasteiger partial charge is 0.396 e. The average Bonchev–Trinajstić information content (AvgIpc) is 3.42. The summed E-state index contributed by atoms with van der Waals surface area (Å²) in [7, 11) is 3.93. The van der Waals surface area contributed by atoms with Crippen LogP contribution in [0.15, 0.2) is 42.2 Å². The van der Waals surface area contributed by atoms with Gasteiger partial charge >= 0.3 is 0 Å². The van der Waals surface area contributed by atoms with Crippen LogP contribution in [0.3, 0.4) is 0 Å². The normalized spacial score (nSPS) is 11.0. The van der Waals surface area contributed by atoms with Gasteiger partial charge in [0.05, 0.1) is 17.6 Å². The van der Waals surface area contributed by atoms with Gasteiger partial charge in [-0.2, -0.15) is 5.10 Å². The van der Waals surface area contributed by atoms with Crippen molar-refractivity contribution in [2.45, 2.75) is 20.3 Å². The molecule has 0 aliphatic carbocycles. The number of hydrogen-bond donors (Lipinski definition) is 2. The summed E-state index contributed by atoms with van der Waals surface area (Å²) in [6, 6.07) is 5.95. The van der Waals surface area contributed by atoms with Crippen LogP contribution in [0.2, 0.25) is 0 Å². The summed E-state index contributed by atoms with van der Waals surface area (Å²) in [5.74, 6) is 1.58. The van der Waals surface area contributed by atoms with Gasteiger partial charge in [0.25, 0.3) is 0 Å². The van der Waals surface area contributed by atoms with Gasteiger partial charge in [0, 0.05) is 56.2 Å². The average molecular weight is 436 g/mol. The van der Waals surface area contributed by atoms with E-state index >= 15 is 0 Å². The van der Waals surface area contributed by atoms with Crippen molar-refractivity contribution in [3.8, 4) is 16.4 Å². The first-order valence-electron chi connectivity index (χ1n) is 9.94. The van der Waals surface area contributed by atoms with Crippen molar-refractivity contribution in [3.05, 3.63) is 59.0 Å². The van der Waals surface area contributed by atoms with Crippen LogP contribution in [-0.4, -0.2) is 50.5 Å². The molecule has 0 fully saturated rings. The second-order valence-electron chi connectivity index (χ2n) is 7.44. The lowest BCUT2D eigenvalue weighted by molar-refractivity contribution is 0.299. The first-order chi connectivity index (χ1) is 15.0. The summed E-state index contributed by atoms with van der Waals surface area (Å²) in [5, 5.41) is 20.7. The van der Waals surface area contributed by atoms with Crippen LogP contribution < -0.4 is 10.2 Å². The number of thiazole rings is 1. The van der Waals surface area contributed by atoms with E-state index in [1.54, 1.807) is 17.5 Å². The fraction of sp³-hybridized carbons (Fsp3) is 0.273. The Morgan fingerprint density at radius 3 is 2.71 bits per heavy atom. The van der Waals surface area contributed by atoms with Crippen molar-refractivity contribution in [2.24, 2.45) is 0 Å². The molecule has 8 nitrogen and oxygen atoms in total. The number of nitrogens with zero attached hydrogens (tertiary/aromatic N) is 6. The second kappa shape index (κ2) is 8.83. The summed E-state index contributed by atoms with van der Waals surface area (Å²) < 4.78 is 1.82. The van der Waals surface area contributed by atoms with Crippen molar-refractivity contribution in [3.63, 3.8) is 0 Å². The molecule has 0 aliphatic heterocycles. The molecule has 0 saturated heterocycles. The molecule has 2 N–H and O–H groups in total. The number of anilines is 3. The van der Waals surface area contributed by atoms with Gasteiger partial charge in [-0.3, -0.25) is 0 Å². The maximum atomic E-state index is 9.75. The molecule has 0 saturated carbocycles. The second-order valence-corrected chi connectivity index (χ2v) is 8.34. The van der Waals surface area contributed by atoms with Crippen LogP contribution >= 0.6 is 11.3 Å². The zero-order valence-corrected chi connectivity index (χ0v) is 18.8.